The van der Waals surface area contributed by atoms with Crippen molar-refractivity contribution in [3.8, 4) is 0 Å². The van der Waals surface area contributed by atoms with Gasteiger partial charge in [0, 0.05) is 36.5 Å². The van der Waals surface area contributed by atoms with E-state index in [-0.39, 0.29) is 18.9 Å². The number of anilines is 1. The van der Waals surface area contributed by atoms with Crippen LogP contribution in [-0.2, 0) is 6.61 Å². The smallest absolute Gasteiger partial charge is 0.269 e. The summed E-state index contributed by atoms with van der Waals surface area (Å²) in [4.78, 5) is 12.2. The van der Waals surface area contributed by atoms with Gasteiger partial charge in [0.25, 0.3) is 5.69 Å². The van der Waals surface area contributed by atoms with Gasteiger partial charge in [0.15, 0.2) is 0 Å². The molecule has 0 aliphatic carbocycles. The van der Waals surface area contributed by atoms with Gasteiger partial charge in [-0.1, -0.05) is 13.3 Å². The van der Waals surface area contributed by atoms with Crippen molar-refractivity contribution >= 4 is 11.4 Å². The molecule has 0 saturated carbocycles. The third kappa shape index (κ3) is 4.18. The second-order valence-electron chi connectivity index (χ2n) is 4.29. The average molecular weight is 268 g/mol. The maximum Gasteiger partial charge on any atom is 0.269 e. The van der Waals surface area contributed by atoms with E-state index >= 15 is 0 Å². The molecule has 0 fully saturated rings. The Hall–Kier alpha value is -1.66. The minimum absolute atomic E-state index is 0.00553. The monoisotopic (exact) mass is 268 g/mol. The molecule has 1 aromatic carbocycles. The Balaban J connectivity index is 3.03. The maximum atomic E-state index is 10.7. The van der Waals surface area contributed by atoms with Crippen molar-refractivity contribution in [2.75, 3.05) is 24.6 Å². The van der Waals surface area contributed by atoms with Gasteiger partial charge in [0.05, 0.1) is 18.1 Å². The lowest BCUT2D eigenvalue weighted by Gasteiger charge is -2.25. The summed E-state index contributed by atoms with van der Waals surface area (Å²) < 4.78 is 0. The van der Waals surface area contributed by atoms with Crippen LogP contribution in [0.25, 0.3) is 0 Å². The van der Waals surface area contributed by atoms with E-state index in [9.17, 15) is 15.2 Å². The lowest BCUT2D eigenvalue weighted by atomic mass is 10.1. The number of nitrogens with zero attached hydrogens (tertiary/aromatic N) is 2. The molecule has 1 rings (SSSR count). The second kappa shape index (κ2) is 7.70. The predicted octanol–water partition coefficient (Wildman–Crippen LogP) is 1.69. The van der Waals surface area contributed by atoms with Crippen LogP contribution in [-0.4, -0.2) is 34.8 Å². The van der Waals surface area contributed by atoms with Gasteiger partial charge in [-0.25, -0.2) is 0 Å². The van der Waals surface area contributed by atoms with E-state index in [2.05, 4.69) is 6.92 Å². The number of hydrogen-bond acceptors (Lipinski definition) is 5. The number of nitro groups is 1. The first-order valence-electron chi connectivity index (χ1n) is 6.38. The van der Waals surface area contributed by atoms with Crippen LogP contribution in [0, 0.1) is 10.1 Å². The van der Waals surface area contributed by atoms with Crippen LogP contribution in [0.2, 0.25) is 0 Å². The van der Waals surface area contributed by atoms with Crippen LogP contribution in [0.4, 0.5) is 11.4 Å². The van der Waals surface area contributed by atoms with Gasteiger partial charge in [0.1, 0.15) is 0 Å². The summed E-state index contributed by atoms with van der Waals surface area (Å²) in [5.41, 5.74) is 1.22. The average Bonchev–Trinajstić information content (AvgIpc) is 2.42. The summed E-state index contributed by atoms with van der Waals surface area (Å²) in [5, 5.41) is 29.2. The van der Waals surface area contributed by atoms with Crippen LogP contribution in [0.15, 0.2) is 18.2 Å². The van der Waals surface area contributed by atoms with Crippen LogP contribution in [0.3, 0.4) is 0 Å². The molecular weight excluding hydrogens is 248 g/mol. The van der Waals surface area contributed by atoms with Crippen LogP contribution in [0.5, 0.6) is 0 Å². The van der Waals surface area contributed by atoms with Gasteiger partial charge >= 0.3 is 0 Å². The summed E-state index contributed by atoms with van der Waals surface area (Å²) in [6, 6.07) is 4.44. The molecule has 0 heterocycles. The molecule has 6 nitrogen and oxygen atoms in total. The zero-order chi connectivity index (χ0) is 14.3. The van der Waals surface area contributed by atoms with E-state index in [1.54, 1.807) is 6.07 Å². The zero-order valence-corrected chi connectivity index (χ0v) is 11.1. The fraction of sp³-hybridized carbons (Fsp3) is 0.538. The number of hydrogen-bond donors (Lipinski definition) is 2. The molecule has 0 amide bonds. The van der Waals surface area contributed by atoms with Crippen molar-refractivity contribution in [2.45, 2.75) is 26.4 Å². The van der Waals surface area contributed by atoms with Gasteiger partial charge in [-0.15, -0.1) is 0 Å². The molecule has 6 heteroatoms. The molecule has 0 unspecified atom stereocenters. The van der Waals surface area contributed by atoms with Gasteiger partial charge in [0.2, 0.25) is 0 Å². The summed E-state index contributed by atoms with van der Waals surface area (Å²) in [6.07, 6.45) is 1.98. The van der Waals surface area contributed by atoms with E-state index in [4.69, 9.17) is 5.11 Å². The number of nitro benzene ring substituents is 1. The molecular formula is C13H20N2O4. The van der Waals surface area contributed by atoms with Crippen molar-refractivity contribution in [3.05, 3.63) is 33.9 Å². The molecule has 0 aliphatic rings. The SMILES string of the molecule is CCCCN(CCO)c1ccc([N+](=O)[O-])cc1CO. The summed E-state index contributed by atoms with van der Waals surface area (Å²) in [7, 11) is 0. The fourth-order valence-electron chi connectivity index (χ4n) is 1.94. The Morgan fingerprint density at radius 1 is 1.32 bits per heavy atom. The van der Waals surface area contributed by atoms with Crippen LogP contribution >= 0.6 is 0 Å². The molecule has 19 heavy (non-hydrogen) atoms. The second-order valence-corrected chi connectivity index (χ2v) is 4.29. The lowest BCUT2D eigenvalue weighted by Crippen LogP contribution is -2.28. The molecule has 1 aromatic rings. The minimum Gasteiger partial charge on any atom is -0.395 e. The van der Waals surface area contributed by atoms with E-state index in [0.29, 0.717) is 12.1 Å². The predicted molar refractivity (Wildman–Crippen MR) is 73.2 cm³/mol. The number of rotatable bonds is 8. The summed E-state index contributed by atoms with van der Waals surface area (Å²) in [6.45, 7) is 3.02. The molecule has 0 aliphatic heterocycles. The lowest BCUT2D eigenvalue weighted by molar-refractivity contribution is -0.384. The highest BCUT2D eigenvalue weighted by molar-refractivity contribution is 5.57. The number of aliphatic hydroxyl groups is 2. The molecule has 0 bridgehead atoms. The molecule has 0 atom stereocenters. The number of aliphatic hydroxyl groups excluding tert-OH is 2. The number of benzene rings is 1. The number of unbranched alkanes of at least 4 members (excludes halogenated alkanes) is 1. The first kappa shape index (κ1) is 15.4. The first-order chi connectivity index (χ1) is 9.13. The van der Waals surface area contributed by atoms with Crippen molar-refractivity contribution in [1.82, 2.24) is 0 Å². The highest BCUT2D eigenvalue weighted by Crippen LogP contribution is 2.25. The molecule has 0 aromatic heterocycles. The summed E-state index contributed by atoms with van der Waals surface area (Å²) >= 11 is 0. The van der Waals surface area contributed by atoms with Gasteiger partial charge in [-0.2, -0.15) is 0 Å². The quantitative estimate of drug-likeness (QED) is 0.553. The van der Waals surface area contributed by atoms with E-state index in [1.165, 1.54) is 12.1 Å². The third-order valence-corrected chi connectivity index (χ3v) is 2.94. The van der Waals surface area contributed by atoms with Crippen molar-refractivity contribution in [2.24, 2.45) is 0 Å². The Morgan fingerprint density at radius 2 is 2.05 bits per heavy atom. The highest BCUT2D eigenvalue weighted by Gasteiger charge is 2.14. The van der Waals surface area contributed by atoms with Crippen molar-refractivity contribution < 1.29 is 15.1 Å². The van der Waals surface area contributed by atoms with E-state index in [1.807, 2.05) is 4.90 Å². The standard InChI is InChI=1S/C13H20N2O4/c1-2-3-6-14(7-8-16)13-5-4-12(15(18)19)9-11(13)10-17/h4-5,9,16-17H,2-3,6-8,10H2,1H3. The fourth-order valence-corrected chi connectivity index (χ4v) is 1.94. The Morgan fingerprint density at radius 3 is 2.58 bits per heavy atom. The minimum atomic E-state index is -0.481. The third-order valence-electron chi connectivity index (χ3n) is 2.94. The van der Waals surface area contributed by atoms with Gasteiger partial charge < -0.3 is 15.1 Å². The van der Waals surface area contributed by atoms with E-state index < -0.39 is 4.92 Å². The topological polar surface area (TPSA) is 86.8 Å². The Kier molecular flexibility index (Phi) is 6.24. The molecule has 2 N–H and O–H groups in total. The van der Waals surface area contributed by atoms with Crippen molar-refractivity contribution in [3.63, 3.8) is 0 Å². The van der Waals surface area contributed by atoms with Crippen molar-refractivity contribution in [1.29, 1.82) is 0 Å². The Labute approximate surface area is 112 Å². The highest BCUT2D eigenvalue weighted by atomic mass is 16.6. The Bertz CT molecular complexity index is 423. The maximum absolute atomic E-state index is 10.7. The summed E-state index contributed by atoms with van der Waals surface area (Å²) in [5.74, 6) is 0. The normalized spacial score (nSPS) is 10.5. The zero-order valence-electron chi connectivity index (χ0n) is 11.1. The largest absolute Gasteiger partial charge is 0.395 e. The van der Waals surface area contributed by atoms with Gasteiger partial charge in [-0.05, 0) is 12.5 Å². The molecule has 106 valence electrons. The number of non-ortho nitro benzene ring substituents is 1. The van der Waals surface area contributed by atoms with E-state index in [0.717, 1.165) is 25.1 Å². The van der Waals surface area contributed by atoms with Crippen LogP contribution in [0.1, 0.15) is 25.3 Å². The molecule has 0 radical (unpaired) electrons. The van der Waals surface area contributed by atoms with Gasteiger partial charge in [-0.3, -0.25) is 10.1 Å². The first-order valence-corrected chi connectivity index (χ1v) is 6.38. The molecule has 0 saturated heterocycles. The van der Waals surface area contributed by atoms with Crippen LogP contribution < -0.4 is 4.90 Å². The molecule has 0 spiro atoms.